The molecule has 0 aliphatic carbocycles. The van der Waals surface area contributed by atoms with Crippen LogP contribution in [0.25, 0.3) is 0 Å². The van der Waals surface area contributed by atoms with E-state index in [1.54, 1.807) is 13.0 Å². The third-order valence-electron chi connectivity index (χ3n) is 0.678. The van der Waals surface area contributed by atoms with Crippen molar-refractivity contribution >= 4 is 23.5 Å². The first kappa shape index (κ1) is 8.43. The predicted molar refractivity (Wildman–Crippen MR) is 38.4 cm³/mol. The molecule has 0 fully saturated rings. The Balaban J connectivity index is 3.64. The van der Waals surface area contributed by atoms with E-state index >= 15 is 0 Å². The van der Waals surface area contributed by atoms with E-state index in [9.17, 15) is 9.59 Å². The average molecular weight is 144 g/mol. The van der Waals surface area contributed by atoms with Crippen LogP contribution in [-0.2, 0) is 9.59 Å². The lowest BCUT2D eigenvalue weighted by Gasteiger charge is -1.84. The predicted octanol–water partition coefficient (Wildman–Crippen LogP) is 0.978. The van der Waals surface area contributed by atoms with Gasteiger partial charge in [-0.15, -0.1) is 12.6 Å². The van der Waals surface area contributed by atoms with Crippen LogP contribution in [0.5, 0.6) is 0 Å². The molecule has 0 saturated heterocycles. The zero-order valence-corrected chi connectivity index (χ0v) is 6.02. The number of carbonyl (C=O) groups is 2. The second-order valence-electron chi connectivity index (χ2n) is 1.54. The Labute approximate surface area is 59.4 Å². The molecular formula is C6H8O2S. The van der Waals surface area contributed by atoms with Crippen molar-refractivity contribution in [2.75, 3.05) is 0 Å². The Bertz CT molecular complexity index is 149. The molecule has 0 aromatic carbocycles. The number of allylic oxidation sites excluding steroid dienone is 2. The Morgan fingerprint density at radius 3 is 2.44 bits per heavy atom. The highest BCUT2D eigenvalue weighted by Gasteiger charge is 1.99. The number of carbonyl (C=O) groups excluding carboxylic acids is 2. The van der Waals surface area contributed by atoms with Crippen LogP contribution in [0, 0.1) is 0 Å². The van der Waals surface area contributed by atoms with E-state index in [0.29, 0.717) is 0 Å². The largest absolute Gasteiger partial charge is 0.294 e. The molecule has 0 aliphatic heterocycles. The van der Waals surface area contributed by atoms with Crippen LogP contribution in [0.2, 0.25) is 0 Å². The number of hydrogen-bond donors (Lipinski definition) is 1. The van der Waals surface area contributed by atoms with Gasteiger partial charge in [0.15, 0.2) is 10.9 Å². The zero-order chi connectivity index (χ0) is 7.28. The Morgan fingerprint density at radius 1 is 1.56 bits per heavy atom. The first-order valence-corrected chi connectivity index (χ1v) is 2.99. The van der Waals surface area contributed by atoms with Crippen LogP contribution < -0.4 is 0 Å². The highest BCUT2D eigenvalue weighted by molar-refractivity contribution is 7.96. The van der Waals surface area contributed by atoms with Crippen molar-refractivity contribution in [1.82, 2.24) is 0 Å². The van der Waals surface area contributed by atoms with E-state index in [4.69, 9.17) is 0 Å². The fraction of sp³-hybridized carbons (Fsp3) is 0.333. The molecule has 0 amide bonds. The summed E-state index contributed by atoms with van der Waals surface area (Å²) in [5.74, 6) is -0.197. The van der Waals surface area contributed by atoms with Crippen molar-refractivity contribution in [3.63, 3.8) is 0 Å². The van der Waals surface area contributed by atoms with Crippen molar-refractivity contribution in [2.45, 2.75) is 13.3 Å². The highest BCUT2D eigenvalue weighted by Crippen LogP contribution is 1.90. The van der Waals surface area contributed by atoms with Gasteiger partial charge in [-0.3, -0.25) is 9.59 Å². The molecule has 0 aliphatic rings. The molecule has 0 N–H and O–H groups in total. The van der Waals surface area contributed by atoms with E-state index in [2.05, 4.69) is 12.6 Å². The quantitative estimate of drug-likeness (QED) is 0.364. The molecule has 0 rings (SSSR count). The minimum atomic E-state index is -0.391. The zero-order valence-electron chi connectivity index (χ0n) is 5.13. The van der Waals surface area contributed by atoms with Crippen molar-refractivity contribution in [1.29, 1.82) is 0 Å². The molecule has 0 aromatic heterocycles. The number of thiol groups is 1. The van der Waals surface area contributed by atoms with Gasteiger partial charge in [-0.1, -0.05) is 6.08 Å². The minimum absolute atomic E-state index is 0.104. The van der Waals surface area contributed by atoms with E-state index in [1.165, 1.54) is 6.08 Å². The first-order valence-electron chi connectivity index (χ1n) is 2.54. The first-order chi connectivity index (χ1) is 4.16. The summed E-state index contributed by atoms with van der Waals surface area (Å²) in [6, 6.07) is 0. The smallest absolute Gasteiger partial charge is 0.193 e. The molecule has 0 radical (unpaired) electrons. The monoisotopic (exact) mass is 144 g/mol. The molecule has 0 saturated carbocycles. The van der Waals surface area contributed by atoms with Gasteiger partial charge >= 0.3 is 0 Å². The Morgan fingerprint density at radius 2 is 2.11 bits per heavy atom. The van der Waals surface area contributed by atoms with E-state index in [-0.39, 0.29) is 12.2 Å². The molecule has 2 nitrogen and oxygen atoms in total. The van der Waals surface area contributed by atoms with Crippen LogP contribution in [0.1, 0.15) is 13.3 Å². The Kier molecular flexibility index (Phi) is 4.05. The molecule has 3 heteroatoms. The lowest BCUT2D eigenvalue weighted by atomic mass is 10.3. The van der Waals surface area contributed by atoms with Crippen molar-refractivity contribution in [3.8, 4) is 0 Å². The second kappa shape index (κ2) is 4.32. The average Bonchev–Trinajstić information content (AvgIpc) is 1.63. The lowest BCUT2D eigenvalue weighted by molar-refractivity contribution is -0.120. The molecule has 0 atom stereocenters. The third-order valence-corrected chi connectivity index (χ3v) is 0.836. The lowest BCUT2D eigenvalue weighted by Crippen LogP contribution is -1.97. The van der Waals surface area contributed by atoms with Crippen molar-refractivity contribution < 1.29 is 9.59 Å². The number of hydrogen-bond acceptors (Lipinski definition) is 2. The van der Waals surface area contributed by atoms with Crippen molar-refractivity contribution in [2.24, 2.45) is 0 Å². The van der Waals surface area contributed by atoms with Gasteiger partial charge in [0.25, 0.3) is 0 Å². The summed E-state index contributed by atoms with van der Waals surface area (Å²) in [6.07, 6.45) is 2.85. The maximum Gasteiger partial charge on any atom is 0.193 e. The summed E-state index contributed by atoms with van der Waals surface area (Å²) < 4.78 is 0. The molecule has 0 bridgehead atoms. The van der Waals surface area contributed by atoms with Gasteiger partial charge in [0.05, 0.1) is 6.42 Å². The summed E-state index contributed by atoms with van der Waals surface area (Å²) in [6.45, 7) is 1.72. The summed E-state index contributed by atoms with van der Waals surface area (Å²) >= 11 is 3.44. The van der Waals surface area contributed by atoms with Crippen LogP contribution >= 0.6 is 12.6 Å². The van der Waals surface area contributed by atoms with Crippen LogP contribution in [0.15, 0.2) is 12.2 Å². The van der Waals surface area contributed by atoms with Gasteiger partial charge in [0, 0.05) is 0 Å². The summed E-state index contributed by atoms with van der Waals surface area (Å²) in [5, 5.41) is -0.391. The van der Waals surface area contributed by atoms with E-state index in [1.807, 2.05) is 0 Å². The van der Waals surface area contributed by atoms with Crippen LogP contribution in [-0.4, -0.2) is 10.9 Å². The fourth-order valence-corrected chi connectivity index (χ4v) is 0.550. The minimum Gasteiger partial charge on any atom is -0.294 e. The Hall–Kier alpha value is -0.570. The fourth-order valence-electron chi connectivity index (χ4n) is 0.394. The third kappa shape index (κ3) is 5.30. The summed E-state index contributed by atoms with van der Waals surface area (Å²) in [7, 11) is 0. The van der Waals surface area contributed by atoms with Crippen LogP contribution in [0.3, 0.4) is 0 Å². The number of rotatable bonds is 3. The van der Waals surface area contributed by atoms with Gasteiger partial charge in [-0.2, -0.15) is 0 Å². The van der Waals surface area contributed by atoms with Gasteiger partial charge < -0.3 is 0 Å². The van der Waals surface area contributed by atoms with Gasteiger partial charge in [-0.25, -0.2) is 0 Å². The number of ketones is 1. The van der Waals surface area contributed by atoms with Crippen molar-refractivity contribution in [3.05, 3.63) is 12.2 Å². The van der Waals surface area contributed by atoms with E-state index in [0.717, 1.165) is 0 Å². The standard InChI is InChI=1S/C6H8O2S/c1-2-3-5(7)4-6(8)9/h2-3H,4H2,1H3,(H,8,9). The second-order valence-corrected chi connectivity index (χ2v) is 2.04. The molecule has 0 heterocycles. The summed E-state index contributed by atoms with van der Waals surface area (Å²) in [5.41, 5.74) is 0. The SMILES string of the molecule is CC=CC(=O)CC(=O)S. The topological polar surface area (TPSA) is 34.1 Å². The van der Waals surface area contributed by atoms with Gasteiger partial charge in [0.1, 0.15) is 0 Å². The highest BCUT2D eigenvalue weighted by atomic mass is 32.1. The molecule has 0 aromatic rings. The molecule has 0 spiro atoms. The maximum absolute atomic E-state index is 10.5. The molecule has 0 unspecified atom stereocenters. The summed E-state index contributed by atoms with van der Waals surface area (Å²) in [4.78, 5) is 20.6. The molecular weight excluding hydrogens is 136 g/mol. The van der Waals surface area contributed by atoms with Gasteiger partial charge in [-0.05, 0) is 13.0 Å². The van der Waals surface area contributed by atoms with E-state index < -0.39 is 5.12 Å². The van der Waals surface area contributed by atoms with Gasteiger partial charge in [0.2, 0.25) is 0 Å². The normalized spacial score (nSPS) is 10.0. The molecule has 9 heavy (non-hydrogen) atoms. The molecule has 50 valence electrons. The van der Waals surface area contributed by atoms with Crippen LogP contribution in [0.4, 0.5) is 0 Å². The maximum atomic E-state index is 10.5.